The molecule has 0 saturated heterocycles. The van der Waals surface area contributed by atoms with Crippen molar-refractivity contribution >= 4 is 0 Å². The molecule has 0 aromatic rings. The van der Waals surface area contributed by atoms with Gasteiger partial charge in [0.25, 0.3) is 0 Å². The SMILES string of the molecule is CC[C@H]1CC2C3CCC(C(C)CCNC)C3(C)CC[C@@H]2C2(C)CCCCC12. The van der Waals surface area contributed by atoms with E-state index < -0.39 is 0 Å². The molecule has 7 unspecified atom stereocenters. The van der Waals surface area contributed by atoms with Gasteiger partial charge in [0, 0.05) is 0 Å². The third-order valence-electron chi connectivity index (χ3n) is 10.9. The number of nitrogens with one attached hydrogen (secondary N) is 1. The largest absolute Gasteiger partial charge is 0.320 e. The van der Waals surface area contributed by atoms with Crippen LogP contribution in [0.5, 0.6) is 0 Å². The number of fused-ring (bicyclic) bond motifs is 5. The second kappa shape index (κ2) is 7.66. The highest BCUT2D eigenvalue weighted by atomic mass is 14.8. The van der Waals surface area contributed by atoms with Crippen LogP contribution in [0.3, 0.4) is 0 Å². The van der Waals surface area contributed by atoms with Gasteiger partial charge in [0.1, 0.15) is 0 Å². The van der Waals surface area contributed by atoms with Gasteiger partial charge in [-0.3, -0.25) is 0 Å². The van der Waals surface area contributed by atoms with Gasteiger partial charge in [0.05, 0.1) is 0 Å². The Morgan fingerprint density at radius 1 is 0.926 bits per heavy atom. The van der Waals surface area contributed by atoms with Crippen molar-refractivity contribution in [3.8, 4) is 0 Å². The van der Waals surface area contributed by atoms with Crippen molar-refractivity contribution in [3.05, 3.63) is 0 Å². The molecule has 4 rings (SSSR count). The fourth-order valence-corrected chi connectivity index (χ4v) is 9.57. The molecular formula is C26H47N. The molecular weight excluding hydrogens is 326 g/mol. The standard InChI is InChI=1S/C26H47N/c1-6-19-17-20-23-11-10-21(18(2)13-16-27-5)26(23,4)15-12-24(20)25(3)14-8-7-9-22(19)25/h18-24,27H,6-17H2,1-5H3/t18?,19-,20?,21?,22?,23?,24-,25?,26?/m0/s1. The number of hydrogen-bond acceptors (Lipinski definition) is 1. The summed E-state index contributed by atoms with van der Waals surface area (Å²) in [5.74, 6) is 7.09. The topological polar surface area (TPSA) is 12.0 Å². The maximum absolute atomic E-state index is 3.40. The van der Waals surface area contributed by atoms with Crippen LogP contribution in [0.2, 0.25) is 0 Å². The first-order valence-corrected chi connectivity index (χ1v) is 12.6. The van der Waals surface area contributed by atoms with Gasteiger partial charge in [-0.05, 0) is 117 Å². The minimum atomic E-state index is 0.643. The Labute approximate surface area is 169 Å². The lowest BCUT2D eigenvalue weighted by molar-refractivity contribution is -0.138. The van der Waals surface area contributed by atoms with E-state index in [4.69, 9.17) is 0 Å². The Kier molecular flexibility index (Phi) is 5.74. The Morgan fingerprint density at radius 3 is 2.44 bits per heavy atom. The second-order valence-corrected chi connectivity index (χ2v) is 11.7. The highest BCUT2D eigenvalue weighted by Gasteiger charge is 2.61. The average molecular weight is 374 g/mol. The molecule has 1 nitrogen and oxygen atoms in total. The quantitative estimate of drug-likeness (QED) is 0.551. The fourth-order valence-electron chi connectivity index (χ4n) is 9.57. The van der Waals surface area contributed by atoms with Gasteiger partial charge in [-0.25, -0.2) is 0 Å². The van der Waals surface area contributed by atoms with Crippen molar-refractivity contribution in [1.82, 2.24) is 5.32 Å². The van der Waals surface area contributed by atoms with E-state index in [0.29, 0.717) is 10.8 Å². The lowest BCUT2D eigenvalue weighted by Gasteiger charge is -2.63. The lowest BCUT2D eigenvalue weighted by Crippen LogP contribution is -2.55. The van der Waals surface area contributed by atoms with Crippen molar-refractivity contribution in [2.45, 2.75) is 98.3 Å². The summed E-state index contributed by atoms with van der Waals surface area (Å²) in [6.07, 6.45) is 16.7. The van der Waals surface area contributed by atoms with E-state index in [0.717, 1.165) is 41.4 Å². The second-order valence-electron chi connectivity index (χ2n) is 11.7. The van der Waals surface area contributed by atoms with Crippen molar-refractivity contribution in [1.29, 1.82) is 0 Å². The predicted molar refractivity (Wildman–Crippen MR) is 117 cm³/mol. The molecule has 0 bridgehead atoms. The third kappa shape index (κ3) is 3.13. The molecule has 1 heteroatoms. The van der Waals surface area contributed by atoms with Crippen LogP contribution in [0, 0.1) is 52.3 Å². The highest BCUT2D eigenvalue weighted by Crippen LogP contribution is 2.69. The Hall–Kier alpha value is -0.0400. The third-order valence-corrected chi connectivity index (χ3v) is 10.9. The lowest BCUT2D eigenvalue weighted by atomic mass is 9.42. The molecule has 4 saturated carbocycles. The maximum Gasteiger partial charge on any atom is -0.00493 e. The van der Waals surface area contributed by atoms with E-state index in [2.05, 4.69) is 40.1 Å². The molecule has 0 heterocycles. The van der Waals surface area contributed by atoms with Gasteiger partial charge >= 0.3 is 0 Å². The first-order chi connectivity index (χ1) is 13.0. The molecule has 0 aromatic carbocycles. The van der Waals surface area contributed by atoms with Crippen LogP contribution >= 0.6 is 0 Å². The summed E-state index contributed by atoms with van der Waals surface area (Å²) < 4.78 is 0. The van der Waals surface area contributed by atoms with Gasteiger partial charge in [-0.15, -0.1) is 0 Å². The van der Waals surface area contributed by atoms with Crippen molar-refractivity contribution in [2.75, 3.05) is 13.6 Å². The zero-order valence-electron chi connectivity index (χ0n) is 19.0. The van der Waals surface area contributed by atoms with Crippen LogP contribution in [0.4, 0.5) is 0 Å². The summed E-state index contributed by atoms with van der Waals surface area (Å²) in [4.78, 5) is 0. The normalized spacial score (nSPS) is 50.6. The summed E-state index contributed by atoms with van der Waals surface area (Å²) in [5.41, 5.74) is 1.32. The highest BCUT2D eigenvalue weighted by molar-refractivity contribution is 5.10. The summed E-state index contributed by atoms with van der Waals surface area (Å²) >= 11 is 0. The Morgan fingerprint density at radius 2 is 1.70 bits per heavy atom. The smallest absolute Gasteiger partial charge is 0.00493 e. The molecule has 0 radical (unpaired) electrons. The molecule has 27 heavy (non-hydrogen) atoms. The summed E-state index contributed by atoms with van der Waals surface area (Å²) in [6, 6.07) is 0. The van der Waals surface area contributed by atoms with Gasteiger partial charge in [0.2, 0.25) is 0 Å². The average Bonchev–Trinajstić information content (AvgIpc) is 3.02. The van der Waals surface area contributed by atoms with Crippen LogP contribution in [-0.2, 0) is 0 Å². The van der Waals surface area contributed by atoms with Crippen LogP contribution in [0.15, 0.2) is 0 Å². The molecule has 156 valence electrons. The Bertz CT molecular complexity index is 514. The van der Waals surface area contributed by atoms with Crippen molar-refractivity contribution in [2.24, 2.45) is 52.3 Å². The number of rotatable bonds is 5. The minimum absolute atomic E-state index is 0.643. The Balaban J connectivity index is 1.58. The van der Waals surface area contributed by atoms with Gasteiger partial charge in [-0.2, -0.15) is 0 Å². The first-order valence-electron chi connectivity index (χ1n) is 12.6. The van der Waals surface area contributed by atoms with E-state index in [1.54, 1.807) is 32.1 Å². The summed E-state index contributed by atoms with van der Waals surface area (Å²) in [7, 11) is 2.12. The minimum Gasteiger partial charge on any atom is -0.320 e. The van der Waals surface area contributed by atoms with E-state index in [9.17, 15) is 0 Å². The van der Waals surface area contributed by atoms with Gasteiger partial charge in [-0.1, -0.05) is 47.0 Å². The molecule has 4 aliphatic rings. The van der Waals surface area contributed by atoms with E-state index in [1.165, 1.54) is 45.1 Å². The zero-order valence-corrected chi connectivity index (χ0v) is 19.0. The molecule has 0 aromatic heterocycles. The molecule has 4 aliphatic carbocycles. The monoisotopic (exact) mass is 373 g/mol. The van der Waals surface area contributed by atoms with Crippen LogP contribution in [0.25, 0.3) is 0 Å². The number of hydrogen-bond donors (Lipinski definition) is 1. The predicted octanol–water partition coefficient (Wildman–Crippen LogP) is 6.92. The van der Waals surface area contributed by atoms with Gasteiger partial charge in [0.15, 0.2) is 0 Å². The van der Waals surface area contributed by atoms with Crippen molar-refractivity contribution < 1.29 is 0 Å². The first kappa shape index (κ1) is 20.2. The molecule has 9 atom stereocenters. The van der Waals surface area contributed by atoms with Crippen molar-refractivity contribution in [3.63, 3.8) is 0 Å². The van der Waals surface area contributed by atoms with Crippen LogP contribution in [0.1, 0.15) is 98.3 Å². The fraction of sp³-hybridized carbons (Fsp3) is 1.00. The van der Waals surface area contributed by atoms with Crippen LogP contribution < -0.4 is 5.32 Å². The van der Waals surface area contributed by atoms with Crippen LogP contribution in [-0.4, -0.2) is 13.6 Å². The summed E-state index contributed by atoms with van der Waals surface area (Å²) in [6.45, 7) is 11.7. The molecule has 1 N–H and O–H groups in total. The van der Waals surface area contributed by atoms with E-state index >= 15 is 0 Å². The molecule has 0 spiro atoms. The van der Waals surface area contributed by atoms with E-state index in [-0.39, 0.29) is 0 Å². The maximum atomic E-state index is 3.40. The molecule has 0 aliphatic heterocycles. The van der Waals surface area contributed by atoms with Gasteiger partial charge < -0.3 is 5.32 Å². The zero-order chi connectivity index (χ0) is 19.2. The molecule has 0 amide bonds. The van der Waals surface area contributed by atoms with E-state index in [1.807, 2.05) is 0 Å². The summed E-state index contributed by atoms with van der Waals surface area (Å²) in [5, 5.41) is 3.40. The molecule has 4 fully saturated rings.